The summed E-state index contributed by atoms with van der Waals surface area (Å²) >= 11 is 1.58. The van der Waals surface area contributed by atoms with Crippen LogP contribution in [0.4, 0.5) is 11.6 Å². The van der Waals surface area contributed by atoms with E-state index < -0.39 is 0 Å². The van der Waals surface area contributed by atoms with E-state index in [1.54, 1.807) is 11.8 Å². The van der Waals surface area contributed by atoms with Crippen LogP contribution in [0.25, 0.3) is 5.65 Å². The first-order valence-electron chi connectivity index (χ1n) is 8.32. The van der Waals surface area contributed by atoms with Crippen molar-refractivity contribution < 1.29 is 0 Å². The highest BCUT2D eigenvalue weighted by molar-refractivity contribution is 7.98. The molecule has 2 bridgehead atoms. The van der Waals surface area contributed by atoms with E-state index in [0.29, 0.717) is 12.1 Å². The van der Waals surface area contributed by atoms with E-state index in [1.165, 1.54) is 6.42 Å². The first-order valence-corrected chi connectivity index (χ1v) is 9.55. The van der Waals surface area contributed by atoms with Gasteiger partial charge in [-0.3, -0.25) is 0 Å². The van der Waals surface area contributed by atoms with Gasteiger partial charge in [-0.1, -0.05) is 11.8 Å². The number of aromatic nitrogens is 6. The van der Waals surface area contributed by atoms with Gasteiger partial charge in [-0.25, -0.2) is 9.97 Å². The molecule has 0 saturated carbocycles. The minimum absolute atomic E-state index is 0.466. The zero-order valence-electron chi connectivity index (χ0n) is 14.1. The summed E-state index contributed by atoms with van der Waals surface area (Å²) < 4.78 is 1.82. The number of hydrogen-bond donors (Lipinski definition) is 0. The van der Waals surface area contributed by atoms with Gasteiger partial charge >= 0.3 is 0 Å². The second-order valence-corrected chi connectivity index (χ2v) is 7.24. The highest BCUT2D eigenvalue weighted by Gasteiger charge is 2.45. The molecular weight excluding hydrogens is 336 g/mol. The Bertz CT molecular complexity index is 929. The molecule has 25 heavy (non-hydrogen) atoms. The summed E-state index contributed by atoms with van der Waals surface area (Å²) in [7, 11) is 0. The van der Waals surface area contributed by atoms with Crippen LogP contribution >= 0.6 is 11.8 Å². The number of piperidine rings is 1. The van der Waals surface area contributed by atoms with Crippen LogP contribution in [0.1, 0.15) is 12.2 Å². The molecule has 3 aliphatic rings. The molecule has 3 fully saturated rings. The second-order valence-electron chi connectivity index (χ2n) is 6.47. The minimum Gasteiger partial charge on any atom is -0.352 e. The number of thioether (sulfide) groups is 1. The van der Waals surface area contributed by atoms with Gasteiger partial charge in [0.2, 0.25) is 0 Å². The molecule has 0 radical (unpaired) electrons. The van der Waals surface area contributed by atoms with Crippen molar-refractivity contribution in [1.82, 2.24) is 29.8 Å². The Morgan fingerprint density at radius 3 is 2.72 bits per heavy atom. The van der Waals surface area contributed by atoms with Crippen LogP contribution in [-0.4, -0.2) is 61.2 Å². The fourth-order valence-electron chi connectivity index (χ4n) is 3.80. The van der Waals surface area contributed by atoms with Crippen molar-refractivity contribution in [2.45, 2.75) is 30.6 Å². The summed E-state index contributed by atoms with van der Waals surface area (Å²) in [5.74, 6) is 2.84. The molecule has 9 heteroatoms. The standard InChI is InChI=1S/C16H18N8S/c1-10-19-20-14-3-4-15(21-24(10)14)23-11-7-12(23)9-22(8-11)13-5-6-17-16(18-13)25-2/h3-6,11-12H,7-9H2,1-2H3. The summed E-state index contributed by atoms with van der Waals surface area (Å²) in [4.78, 5) is 13.7. The van der Waals surface area contributed by atoms with Crippen molar-refractivity contribution in [2.75, 3.05) is 29.1 Å². The summed E-state index contributed by atoms with van der Waals surface area (Å²) in [6.07, 6.45) is 5.05. The lowest BCUT2D eigenvalue weighted by molar-refractivity contribution is 0.286. The number of aryl methyl sites for hydroxylation is 1. The van der Waals surface area contributed by atoms with Crippen LogP contribution in [0.3, 0.4) is 0 Å². The maximum absolute atomic E-state index is 4.73. The quantitative estimate of drug-likeness (QED) is 0.516. The van der Waals surface area contributed by atoms with Crippen LogP contribution in [0.15, 0.2) is 29.6 Å². The van der Waals surface area contributed by atoms with E-state index in [9.17, 15) is 0 Å². The molecule has 3 aromatic rings. The number of piperazine rings is 1. The van der Waals surface area contributed by atoms with Gasteiger partial charge in [0.1, 0.15) is 11.6 Å². The van der Waals surface area contributed by atoms with E-state index in [0.717, 1.165) is 41.4 Å². The third-order valence-corrected chi connectivity index (χ3v) is 5.55. The molecule has 3 aromatic heterocycles. The van der Waals surface area contributed by atoms with E-state index in [1.807, 2.05) is 36.0 Å². The summed E-state index contributed by atoms with van der Waals surface area (Å²) in [6, 6.07) is 6.97. The number of rotatable bonds is 3. The van der Waals surface area contributed by atoms with Crippen LogP contribution in [0.2, 0.25) is 0 Å². The summed E-state index contributed by atoms with van der Waals surface area (Å²) in [5.41, 5.74) is 0.791. The molecule has 0 spiro atoms. The van der Waals surface area contributed by atoms with E-state index in [4.69, 9.17) is 5.10 Å². The fraction of sp³-hybridized carbons (Fsp3) is 0.438. The van der Waals surface area contributed by atoms with Gasteiger partial charge in [-0.15, -0.1) is 15.3 Å². The van der Waals surface area contributed by atoms with Crippen molar-refractivity contribution in [1.29, 1.82) is 0 Å². The molecule has 128 valence electrons. The molecular formula is C16H18N8S. The zero-order chi connectivity index (χ0) is 17.0. The summed E-state index contributed by atoms with van der Waals surface area (Å²) in [6.45, 7) is 3.85. The molecule has 0 aromatic carbocycles. The Morgan fingerprint density at radius 1 is 1.08 bits per heavy atom. The van der Waals surface area contributed by atoms with Gasteiger partial charge in [-0.05, 0) is 37.8 Å². The third-order valence-electron chi connectivity index (χ3n) is 4.99. The predicted octanol–water partition coefficient (Wildman–Crippen LogP) is 1.41. The maximum atomic E-state index is 4.73. The van der Waals surface area contributed by atoms with E-state index in [2.05, 4.69) is 36.0 Å². The van der Waals surface area contributed by atoms with Crippen molar-refractivity contribution >= 4 is 29.0 Å². The minimum atomic E-state index is 0.466. The van der Waals surface area contributed by atoms with Gasteiger partial charge in [0.15, 0.2) is 16.6 Å². The number of anilines is 2. The lowest BCUT2D eigenvalue weighted by Crippen LogP contribution is -2.69. The second kappa shape index (κ2) is 5.55. The van der Waals surface area contributed by atoms with Crippen LogP contribution in [0.5, 0.6) is 0 Å². The monoisotopic (exact) mass is 354 g/mol. The zero-order valence-corrected chi connectivity index (χ0v) is 14.9. The molecule has 8 nitrogen and oxygen atoms in total. The average Bonchev–Trinajstić information content (AvgIpc) is 3.02. The lowest BCUT2D eigenvalue weighted by atomic mass is 9.87. The van der Waals surface area contributed by atoms with Gasteiger partial charge in [0.05, 0.1) is 12.1 Å². The first kappa shape index (κ1) is 14.9. The average molecular weight is 354 g/mol. The molecule has 3 aliphatic heterocycles. The Morgan fingerprint density at radius 2 is 1.92 bits per heavy atom. The normalized spacial score (nSPS) is 22.3. The topological polar surface area (TPSA) is 75.3 Å². The summed E-state index contributed by atoms with van der Waals surface area (Å²) in [5, 5.41) is 13.8. The SMILES string of the molecule is CSc1nccc(N2CC3CC(C2)N3c2ccc3nnc(C)n3n2)n1. The number of hydrogen-bond acceptors (Lipinski definition) is 8. The highest BCUT2D eigenvalue weighted by atomic mass is 32.2. The van der Waals surface area contributed by atoms with Crippen molar-refractivity contribution in [2.24, 2.45) is 0 Å². The predicted molar refractivity (Wildman–Crippen MR) is 96.2 cm³/mol. The van der Waals surface area contributed by atoms with Gasteiger partial charge in [0.25, 0.3) is 0 Å². The van der Waals surface area contributed by atoms with Crippen molar-refractivity contribution in [3.8, 4) is 0 Å². The maximum Gasteiger partial charge on any atom is 0.189 e. The molecule has 6 rings (SSSR count). The number of nitrogens with zero attached hydrogens (tertiary/aromatic N) is 8. The van der Waals surface area contributed by atoms with Crippen LogP contribution < -0.4 is 9.80 Å². The molecule has 0 aliphatic carbocycles. The fourth-order valence-corrected chi connectivity index (χ4v) is 4.15. The Hall–Kier alpha value is -2.42. The molecule has 0 N–H and O–H groups in total. The Balaban J connectivity index is 1.39. The molecule has 0 amide bonds. The van der Waals surface area contributed by atoms with Crippen LogP contribution in [0, 0.1) is 6.92 Å². The molecule has 2 atom stereocenters. The highest BCUT2D eigenvalue weighted by Crippen LogP contribution is 2.37. The first-order chi connectivity index (χ1) is 12.2. The van der Waals surface area contributed by atoms with E-state index >= 15 is 0 Å². The molecule has 2 unspecified atom stereocenters. The van der Waals surface area contributed by atoms with E-state index in [-0.39, 0.29) is 0 Å². The van der Waals surface area contributed by atoms with Gasteiger partial charge in [0, 0.05) is 19.3 Å². The lowest BCUT2D eigenvalue weighted by Gasteiger charge is -2.57. The van der Waals surface area contributed by atoms with Gasteiger partial charge < -0.3 is 9.80 Å². The molecule has 3 saturated heterocycles. The largest absolute Gasteiger partial charge is 0.352 e. The van der Waals surface area contributed by atoms with Crippen molar-refractivity contribution in [3.05, 3.63) is 30.2 Å². The third kappa shape index (κ3) is 2.33. The Kier molecular flexibility index (Phi) is 3.30. The smallest absolute Gasteiger partial charge is 0.189 e. The van der Waals surface area contributed by atoms with Crippen molar-refractivity contribution in [3.63, 3.8) is 0 Å². The van der Waals surface area contributed by atoms with Crippen LogP contribution in [-0.2, 0) is 0 Å². The number of fused-ring (bicyclic) bond motifs is 3. The Labute approximate surface area is 149 Å². The molecule has 6 heterocycles. The van der Waals surface area contributed by atoms with Gasteiger partial charge in [-0.2, -0.15) is 4.52 Å².